The SMILES string of the molecule is COc1ccc(Br)c(CNc2cccc(Cl)c2Br)c1. The van der Waals surface area contributed by atoms with E-state index in [9.17, 15) is 0 Å². The fraction of sp³-hybridized carbons (Fsp3) is 0.143. The molecule has 0 amide bonds. The van der Waals surface area contributed by atoms with Crippen LogP contribution in [-0.2, 0) is 6.54 Å². The number of benzene rings is 2. The van der Waals surface area contributed by atoms with Crippen LogP contribution in [0.25, 0.3) is 0 Å². The first-order valence-electron chi connectivity index (χ1n) is 5.62. The Bertz CT molecular complexity index is 590. The van der Waals surface area contributed by atoms with Crippen LogP contribution in [0.15, 0.2) is 45.3 Å². The number of hydrogen-bond donors (Lipinski definition) is 1. The van der Waals surface area contributed by atoms with E-state index in [0.29, 0.717) is 11.6 Å². The van der Waals surface area contributed by atoms with Crippen molar-refractivity contribution in [2.45, 2.75) is 6.54 Å². The standard InChI is InChI=1S/C14H12Br2ClNO/c1-19-10-5-6-11(15)9(7-10)8-18-13-4-2-3-12(17)14(13)16/h2-7,18H,8H2,1H3. The maximum atomic E-state index is 6.06. The molecule has 2 aromatic rings. The molecule has 5 heteroatoms. The first kappa shape index (κ1) is 14.7. The van der Waals surface area contributed by atoms with Gasteiger partial charge in [0.15, 0.2) is 0 Å². The summed E-state index contributed by atoms with van der Waals surface area (Å²) in [4.78, 5) is 0. The average molecular weight is 406 g/mol. The Balaban J connectivity index is 2.16. The van der Waals surface area contributed by atoms with E-state index in [1.54, 1.807) is 7.11 Å². The molecule has 0 aliphatic rings. The molecular formula is C14H12Br2ClNO. The summed E-state index contributed by atoms with van der Waals surface area (Å²) >= 11 is 13.1. The molecule has 19 heavy (non-hydrogen) atoms. The van der Waals surface area contributed by atoms with Gasteiger partial charge in [-0.05, 0) is 51.8 Å². The minimum Gasteiger partial charge on any atom is -0.497 e. The van der Waals surface area contributed by atoms with Crippen molar-refractivity contribution in [2.24, 2.45) is 0 Å². The first-order valence-corrected chi connectivity index (χ1v) is 7.58. The number of ether oxygens (including phenoxy) is 1. The third-order valence-corrected chi connectivity index (χ3v) is 4.84. The van der Waals surface area contributed by atoms with Crippen LogP contribution in [-0.4, -0.2) is 7.11 Å². The van der Waals surface area contributed by atoms with Crippen molar-refractivity contribution in [2.75, 3.05) is 12.4 Å². The second kappa shape index (κ2) is 6.64. The number of nitrogens with one attached hydrogen (secondary N) is 1. The summed E-state index contributed by atoms with van der Waals surface area (Å²) in [5.74, 6) is 0.838. The van der Waals surface area contributed by atoms with Gasteiger partial charge in [-0.1, -0.05) is 33.6 Å². The van der Waals surface area contributed by atoms with Crippen molar-refractivity contribution in [3.63, 3.8) is 0 Å². The lowest BCUT2D eigenvalue weighted by Crippen LogP contribution is -2.01. The van der Waals surface area contributed by atoms with Crippen LogP contribution in [0.3, 0.4) is 0 Å². The van der Waals surface area contributed by atoms with Crippen molar-refractivity contribution < 1.29 is 4.74 Å². The second-order valence-electron chi connectivity index (χ2n) is 3.91. The Kier molecular flexibility index (Phi) is 5.13. The maximum absolute atomic E-state index is 6.06. The molecule has 2 nitrogen and oxygen atoms in total. The molecule has 2 aromatic carbocycles. The second-order valence-corrected chi connectivity index (χ2v) is 5.97. The predicted molar refractivity (Wildman–Crippen MR) is 87.2 cm³/mol. The third kappa shape index (κ3) is 3.65. The Morgan fingerprint density at radius 2 is 2.00 bits per heavy atom. The third-order valence-electron chi connectivity index (χ3n) is 2.67. The van der Waals surface area contributed by atoms with Crippen molar-refractivity contribution in [1.29, 1.82) is 0 Å². The molecule has 0 spiro atoms. The molecule has 2 rings (SSSR count). The zero-order chi connectivity index (χ0) is 13.8. The molecule has 0 atom stereocenters. The highest BCUT2D eigenvalue weighted by Gasteiger charge is 2.06. The lowest BCUT2D eigenvalue weighted by Gasteiger charge is -2.12. The van der Waals surface area contributed by atoms with Gasteiger partial charge in [0.1, 0.15) is 5.75 Å². The van der Waals surface area contributed by atoms with Crippen LogP contribution in [0.2, 0.25) is 5.02 Å². The lowest BCUT2D eigenvalue weighted by atomic mass is 10.2. The summed E-state index contributed by atoms with van der Waals surface area (Å²) in [6.07, 6.45) is 0. The molecule has 0 aliphatic carbocycles. The van der Waals surface area contributed by atoms with Gasteiger partial charge in [-0.3, -0.25) is 0 Å². The summed E-state index contributed by atoms with van der Waals surface area (Å²) < 4.78 is 7.14. The van der Waals surface area contributed by atoms with Crippen LogP contribution in [0.1, 0.15) is 5.56 Å². The van der Waals surface area contributed by atoms with Gasteiger partial charge in [0, 0.05) is 11.0 Å². The van der Waals surface area contributed by atoms with E-state index in [1.165, 1.54) is 0 Å². The van der Waals surface area contributed by atoms with Crippen LogP contribution < -0.4 is 10.1 Å². The molecule has 0 fully saturated rings. The van der Waals surface area contributed by atoms with Crippen molar-refractivity contribution in [3.05, 3.63) is 55.9 Å². The van der Waals surface area contributed by atoms with Crippen LogP contribution in [0, 0.1) is 0 Å². The number of methoxy groups -OCH3 is 1. The molecule has 0 heterocycles. The minimum atomic E-state index is 0.677. The fourth-order valence-corrected chi connectivity index (χ4v) is 2.61. The molecule has 1 N–H and O–H groups in total. The molecule has 0 aromatic heterocycles. The number of hydrogen-bond acceptors (Lipinski definition) is 2. The molecule has 0 unspecified atom stereocenters. The summed E-state index contributed by atoms with van der Waals surface area (Å²) in [5, 5.41) is 4.03. The van der Waals surface area contributed by atoms with Crippen molar-refractivity contribution >= 4 is 49.1 Å². The van der Waals surface area contributed by atoms with E-state index in [0.717, 1.165) is 25.9 Å². The smallest absolute Gasteiger partial charge is 0.119 e. The highest BCUT2D eigenvalue weighted by Crippen LogP contribution is 2.31. The van der Waals surface area contributed by atoms with Crippen LogP contribution >= 0.6 is 43.5 Å². The molecule has 0 saturated heterocycles. The van der Waals surface area contributed by atoms with Gasteiger partial charge in [0.25, 0.3) is 0 Å². The van der Waals surface area contributed by atoms with Gasteiger partial charge in [0.2, 0.25) is 0 Å². The summed E-state index contributed by atoms with van der Waals surface area (Å²) in [7, 11) is 1.66. The molecule has 100 valence electrons. The highest BCUT2D eigenvalue weighted by atomic mass is 79.9. The monoisotopic (exact) mass is 403 g/mol. The fourth-order valence-electron chi connectivity index (χ4n) is 1.64. The van der Waals surface area contributed by atoms with Crippen molar-refractivity contribution in [1.82, 2.24) is 0 Å². The topological polar surface area (TPSA) is 21.3 Å². The summed E-state index contributed by atoms with van der Waals surface area (Å²) in [6.45, 7) is 0.677. The normalized spacial score (nSPS) is 10.3. The van der Waals surface area contributed by atoms with Crippen LogP contribution in [0.5, 0.6) is 5.75 Å². The van der Waals surface area contributed by atoms with Gasteiger partial charge < -0.3 is 10.1 Å². The van der Waals surface area contributed by atoms with Gasteiger partial charge in [-0.2, -0.15) is 0 Å². The van der Waals surface area contributed by atoms with E-state index < -0.39 is 0 Å². The van der Waals surface area contributed by atoms with E-state index in [-0.39, 0.29) is 0 Å². The molecule has 0 aliphatic heterocycles. The van der Waals surface area contributed by atoms with E-state index >= 15 is 0 Å². The molecule has 0 saturated carbocycles. The Morgan fingerprint density at radius 3 is 2.74 bits per heavy atom. The van der Waals surface area contributed by atoms with Gasteiger partial charge >= 0.3 is 0 Å². The van der Waals surface area contributed by atoms with Gasteiger partial charge in [-0.25, -0.2) is 0 Å². The lowest BCUT2D eigenvalue weighted by molar-refractivity contribution is 0.414. The predicted octanol–water partition coefficient (Wildman–Crippen LogP) is 5.49. The summed E-state index contributed by atoms with van der Waals surface area (Å²) in [5.41, 5.74) is 2.08. The quantitative estimate of drug-likeness (QED) is 0.727. The zero-order valence-corrected chi connectivity index (χ0v) is 14.1. The number of rotatable bonds is 4. The highest BCUT2D eigenvalue weighted by molar-refractivity contribution is 9.11. The van der Waals surface area contributed by atoms with E-state index in [2.05, 4.69) is 37.2 Å². The zero-order valence-electron chi connectivity index (χ0n) is 10.2. The maximum Gasteiger partial charge on any atom is 0.119 e. The Hall–Kier alpha value is -0.710. The molecule has 0 radical (unpaired) electrons. The van der Waals surface area contributed by atoms with Crippen LogP contribution in [0.4, 0.5) is 5.69 Å². The van der Waals surface area contributed by atoms with E-state index in [1.807, 2.05) is 36.4 Å². The Morgan fingerprint density at radius 1 is 1.21 bits per heavy atom. The van der Waals surface area contributed by atoms with Gasteiger partial charge in [-0.15, -0.1) is 0 Å². The van der Waals surface area contributed by atoms with E-state index in [4.69, 9.17) is 16.3 Å². The number of anilines is 1. The summed E-state index contributed by atoms with van der Waals surface area (Å²) in [6, 6.07) is 11.6. The first-order chi connectivity index (χ1) is 9.11. The average Bonchev–Trinajstić information content (AvgIpc) is 2.42. The largest absolute Gasteiger partial charge is 0.497 e. The number of halogens is 3. The van der Waals surface area contributed by atoms with Gasteiger partial charge in [0.05, 0.1) is 22.3 Å². The Labute approximate surface area is 134 Å². The van der Waals surface area contributed by atoms with Crippen molar-refractivity contribution in [3.8, 4) is 5.75 Å². The molecule has 0 bridgehead atoms. The molecular weight excluding hydrogens is 393 g/mol. The minimum absolute atomic E-state index is 0.677.